The van der Waals surface area contributed by atoms with Crippen LogP contribution in [-0.4, -0.2) is 27.6 Å². The van der Waals surface area contributed by atoms with E-state index in [1.807, 2.05) is 39.1 Å². The first kappa shape index (κ1) is 13.4. The van der Waals surface area contributed by atoms with Crippen molar-refractivity contribution in [1.82, 2.24) is 14.7 Å². The van der Waals surface area contributed by atoms with Crippen LogP contribution in [0.3, 0.4) is 0 Å². The van der Waals surface area contributed by atoms with E-state index in [1.54, 1.807) is 22.7 Å². The molecule has 0 spiro atoms. The Morgan fingerprint density at radius 3 is 2.68 bits per heavy atom. The SMILES string of the molecule is Cc1ccc(CN(C)C(=O)c2ccn(C(C)C)n2)o1. The van der Waals surface area contributed by atoms with Gasteiger partial charge in [-0.2, -0.15) is 5.10 Å². The molecule has 0 aliphatic rings. The highest BCUT2D eigenvalue weighted by Crippen LogP contribution is 2.11. The van der Waals surface area contributed by atoms with Gasteiger partial charge in [0.1, 0.15) is 17.2 Å². The van der Waals surface area contributed by atoms with Gasteiger partial charge >= 0.3 is 0 Å². The van der Waals surface area contributed by atoms with Crippen LogP contribution >= 0.6 is 0 Å². The zero-order valence-electron chi connectivity index (χ0n) is 11.8. The lowest BCUT2D eigenvalue weighted by Gasteiger charge is -2.14. The maximum Gasteiger partial charge on any atom is 0.274 e. The number of nitrogens with zero attached hydrogens (tertiary/aromatic N) is 3. The average molecular weight is 261 g/mol. The number of hydrogen-bond acceptors (Lipinski definition) is 3. The Labute approximate surface area is 112 Å². The summed E-state index contributed by atoms with van der Waals surface area (Å²) in [5, 5.41) is 4.27. The fraction of sp³-hybridized carbons (Fsp3) is 0.429. The summed E-state index contributed by atoms with van der Waals surface area (Å²) < 4.78 is 7.24. The molecule has 102 valence electrons. The molecule has 0 aliphatic heterocycles. The highest BCUT2D eigenvalue weighted by atomic mass is 16.3. The average Bonchev–Trinajstić information content (AvgIpc) is 2.97. The number of aromatic nitrogens is 2. The Morgan fingerprint density at radius 2 is 2.16 bits per heavy atom. The predicted octanol–water partition coefficient (Wildman–Crippen LogP) is 2.64. The van der Waals surface area contributed by atoms with Gasteiger partial charge in [0.15, 0.2) is 0 Å². The Balaban J connectivity index is 2.05. The lowest BCUT2D eigenvalue weighted by Crippen LogP contribution is -2.26. The second kappa shape index (κ2) is 5.30. The third-order valence-corrected chi connectivity index (χ3v) is 2.89. The summed E-state index contributed by atoms with van der Waals surface area (Å²) in [6, 6.07) is 5.76. The minimum Gasteiger partial charge on any atom is -0.464 e. The second-order valence-electron chi connectivity index (χ2n) is 4.95. The molecule has 0 saturated heterocycles. The molecule has 2 heterocycles. The zero-order chi connectivity index (χ0) is 14.0. The minimum atomic E-state index is -0.103. The summed E-state index contributed by atoms with van der Waals surface area (Å²) in [5.74, 6) is 1.52. The molecule has 2 aromatic rings. The maximum absolute atomic E-state index is 12.2. The fourth-order valence-electron chi connectivity index (χ4n) is 1.81. The quantitative estimate of drug-likeness (QED) is 0.850. The van der Waals surface area contributed by atoms with Gasteiger partial charge in [-0.3, -0.25) is 9.48 Å². The summed E-state index contributed by atoms with van der Waals surface area (Å²) in [5.41, 5.74) is 0.458. The lowest BCUT2D eigenvalue weighted by molar-refractivity contribution is 0.0768. The summed E-state index contributed by atoms with van der Waals surface area (Å²) in [6.07, 6.45) is 1.82. The predicted molar refractivity (Wildman–Crippen MR) is 71.9 cm³/mol. The lowest BCUT2D eigenvalue weighted by atomic mass is 10.3. The largest absolute Gasteiger partial charge is 0.464 e. The molecule has 0 unspecified atom stereocenters. The Kier molecular flexibility index (Phi) is 3.74. The molecule has 0 aromatic carbocycles. The number of aryl methyl sites for hydroxylation is 1. The van der Waals surface area contributed by atoms with E-state index in [0.717, 1.165) is 11.5 Å². The number of carbonyl (C=O) groups is 1. The van der Waals surface area contributed by atoms with E-state index in [-0.39, 0.29) is 11.9 Å². The van der Waals surface area contributed by atoms with E-state index in [2.05, 4.69) is 5.10 Å². The van der Waals surface area contributed by atoms with Gasteiger partial charge in [0.2, 0.25) is 0 Å². The normalized spacial score (nSPS) is 11.0. The van der Waals surface area contributed by atoms with Gasteiger partial charge in [0.05, 0.1) is 6.54 Å². The molecule has 0 aliphatic carbocycles. The van der Waals surface area contributed by atoms with Crippen LogP contribution in [0, 0.1) is 6.92 Å². The molecule has 5 nitrogen and oxygen atoms in total. The molecule has 0 saturated carbocycles. The Hall–Kier alpha value is -2.04. The van der Waals surface area contributed by atoms with Crippen LogP contribution < -0.4 is 0 Å². The molecule has 0 atom stereocenters. The number of carbonyl (C=O) groups excluding carboxylic acids is 1. The van der Waals surface area contributed by atoms with Gasteiger partial charge in [-0.1, -0.05) is 0 Å². The smallest absolute Gasteiger partial charge is 0.274 e. The van der Waals surface area contributed by atoms with Gasteiger partial charge < -0.3 is 9.32 Å². The Bertz CT molecular complexity index is 569. The summed E-state index contributed by atoms with van der Waals surface area (Å²) in [7, 11) is 1.74. The van der Waals surface area contributed by atoms with Crippen molar-refractivity contribution in [3.8, 4) is 0 Å². The van der Waals surface area contributed by atoms with Crippen molar-refractivity contribution in [1.29, 1.82) is 0 Å². The first-order valence-electron chi connectivity index (χ1n) is 6.33. The Morgan fingerprint density at radius 1 is 1.42 bits per heavy atom. The van der Waals surface area contributed by atoms with Crippen molar-refractivity contribution in [3.05, 3.63) is 41.6 Å². The van der Waals surface area contributed by atoms with E-state index in [9.17, 15) is 4.79 Å². The van der Waals surface area contributed by atoms with Crippen LogP contribution in [0.1, 0.15) is 41.9 Å². The van der Waals surface area contributed by atoms with Crippen LogP contribution in [0.4, 0.5) is 0 Å². The molecule has 0 radical (unpaired) electrons. The van der Waals surface area contributed by atoms with Crippen LogP contribution in [0.15, 0.2) is 28.8 Å². The van der Waals surface area contributed by atoms with Gasteiger partial charge in [-0.15, -0.1) is 0 Å². The topological polar surface area (TPSA) is 51.3 Å². The summed E-state index contributed by atoms with van der Waals surface area (Å²) in [4.78, 5) is 13.8. The molecule has 0 bridgehead atoms. The van der Waals surface area contributed by atoms with Crippen LogP contribution in [0.2, 0.25) is 0 Å². The van der Waals surface area contributed by atoms with Crippen LogP contribution in [0.25, 0.3) is 0 Å². The van der Waals surface area contributed by atoms with Crippen molar-refractivity contribution in [2.75, 3.05) is 7.05 Å². The fourth-order valence-corrected chi connectivity index (χ4v) is 1.81. The first-order chi connectivity index (χ1) is 8.97. The van der Waals surface area contributed by atoms with Crippen LogP contribution in [-0.2, 0) is 6.54 Å². The van der Waals surface area contributed by atoms with E-state index < -0.39 is 0 Å². The maximum atomic E-state index is 12.2. The number of rotatable bonds is 4. The molecule has 5 heteroatoms. The van der Waals surface area contributed by atoms with Crippen molar-refractivity contribution in [3.63, 3.8) is 0 Å². The summed E-state index contributed by atoms with van der Waals surface area (Å²) >= 11 is 0. The van der Waals surface area contributed by atoms with E-state index in [0.29, 0.717) is 12.2 Å². The highest BCUT2D eigenvalue weighted by molar-refractivity contribution is 5.91. The number of amides is 1. The molecule has 19 heavy (non-hydrogen) atoms. The number of furan rings is 1. The molecular weight excluding hydrogens is 242 g/mol. The molecule has 0 fully saturated rings. The zero-order valence-corrected chi connectivity index (χ0v) is 11.8. The molecule has 1 amide bonds. The van der Waals surface area contributed by atoms with E-state index in [4.69, 9.17) is 4.42 Å². The third-order valence-electron chi connectivity index (χ3n) is 2.89. The molecule has 2 aromatic heterocycles. The van der Waals surface area contributed by atoms with Crippen molar-refractivity contribution < 1.29 is 9.21 Å². The third kappa shape index (κ3) is 3.05. The standard InChI is InChI=1S/C14H19N3O2/c1-10(2)17-8-7-13(15-17)14(18)16(4)9-12-6-5-11(3)19-12/h5-8,10H,9H2,1-4H3. The summed E-state index contributed by atoms with van der Waals surface area (Å²) in [6.45, 7) is 6.38. The second-order valence-corrected chi connectivity index (χ2v) is 4.95. The van der Waals surface area contributed by atoms with Crippen molar-refractivity contribution in [2.24, 2.45) is 0 Å². The molecule has 0 N–H and O–H groups in total. The van der Waals surface area contributed by atoms with Gasteiger partial charge in [0, 0.05) is 19.3 Å². The monoisotopic (exact) mass is 261 g/mol. The van der Waals surface area contributed by atoms with Crippen LogP contribution in [0.5, 0.6) is 0 Å². The molecule has 2 rings (SSSR count). The first-order valence-corrected chi connectivity index (χ1v) is 6.33. The van der Waals surface area contributed by atoms with Gasteiger partial charge in [-0.25, -0.2) is 0 Å². The van der Waals surface area contributed by atoms with E-state index in [1.165, 1.54) is 0 Å². The molecular formula is C14H19N3O2. The number of hydrogen-bond donors (Lipinski definition) is 0. The minimum absolute atomic E-state index is 0.103. The van der Waals surface area contributed by atoms with E-state index >= 15 is 0 Å². The highest BCUT2D eigenvalue weighted by Gasteiger charge is 2.16. The van der Waals surface area contributed by atoms with Gasteiger partial charge in [-0.05, 0) is 39.0 Å². The van der Waals surface area contributed by atoms with Crippen molar-refractivity contribution >= 4 is 5.91 Å². The van der Waals surface area contributed by atoms with Crippen molar-refractivity contribution in [2.45, 2.75) is 33.4 Å². The van der Waals surface area contributed by atoms with Gasteiger partial charge in [0.25, 0.3) is 5.91 Å².